The van der Waals surface area contributed by atoms with Gasteiger partial charge in [0.1, 0.15) is 0 Å². The van der Waals surface area contributed by atoms with Gasteiger partial charge in [-0.2, -0.15) is 9.78 Å². The van der Waals surface area contributed by atoms with E-state index in [1.165, 1.54) is 23.1 Å². The predicted molar refractivity (Wildman–Crippen MR) is 52.0 cm³/mol. The maximum Gasteiger partial charge on any atom is 0.272 e. The highest BCUT2D eigenvalue weighted by atomic mass is 16.1. The average molecular weight is 188 g/mol. The summed E-state index contributed by atoms with van der Waals surface area (Å²) in [5, 5.41) is 3.88. The second-order valence-corrected chi connectivity index (χ2v) is 2.72. The summed E-state index contributed by atoms with van der Waals surface area (Å²) in [5.41, 5.74) is 5.81. The SMILES string of the molecule is Nc1ccc(-n2ncccc2=O)nc1. The first kappa shape index (κ1) is 8.43. The van der Waals surface area contributed by atoms with E-state index in [9.17, 15) is 4.79 Å². The van der Waals surface area contributed by atoms with Gasteiger partial charge in [-0.1, -0.05) is 0 Å². The molecule has 5 heteroatoms. The van der Waals surface area contributed by atoms with Gasteiger partial charge in [-0.3, -0.25) is 4.79 Å². The fraction of sp³-hybridized carbons (Fsp3) is 0. The van der Waals surface area contributed by atoms with E-state index >= 15 is 0 Å². The first-order chi connectivity index (χ1) is 6.77. The van der Waals surface area contributed by atoms with Gasteiger partial charge in [0, 0.05) is 12.3 Å². The van der Waals surface area contributed by atoms with E-state index < -0.39 is 0 Å². The smallest absolute Gasteiger partial charge is 0.272 e. The Hall–Kier alpha value is -2.17. The van der Waals surface area contributed by atoms with Crippen LogP contribution in [0.5, 0.6) is 0 Å². The van der Waals surface area contributed by atoms with E-state index in [4.69, 9.17) is 5.73 Å². The third-order valence-electron chi connectivity index (χ3n) is 1.70. The second kappa shape index (κ2) is 3.29. The second-order valence-electron chi connectivity index (χ2n) is 2.72. The summed E-state index contributed by atoms with van der Waals surface area (Å²) in [6, 6.07) is 6.31. The molecular formula is C9H8N4O. The minimum atomic E-state index is -0.218. The Morgan fingerprint density at radius 3 is 2.79 bits per heavy atom. The van der Waals surface area contributed by atoms with Crippen LogP contribution in [0.4, 0.5) is 5.69 Å². The van der Waals surface area contributed by atoms with Crippen LogP contribution in [0.15, 0.2) is 41.5 Å². The van der Waals surface area contributed by atoms with Gasteiger partial charge in [-0.25, -0.2) is 4.98 Å². The van der Waals surface area contributed by atoms with Crippen LogP contribution in [0.2, 0.25) is 0 Å². The summed E-state index contributed by atoms with van der Waals surface area (Å²) in [6.07, 6.45) is 3.01. The molecule has 0 aliphatic carbocycles. The first-order valence-electron chi connectivity index (χ1n) is 4.03. The molecule has 2 aromatic heterocycles. The molecule has 0 spiro atoms. The number of rotatable bonds is 1. The molecule has 0 aliphatic rings. The third kappa shape index (κ3) is 1.47. The number of nitrogens with two attached hydrogens (primary N) is 1. The zero-order chi connectivity index (χ0) is 9.97. The molecule has 0 aromatic carbocycles. The van der Waals surface area contributed by atoms with Crippen molar-refractivity contribution in [2.75, 3.05) is 5.73 Å². The highest BCUT2D eigenvalue weighted by molar-refractivity contribution is 5.38. The molecule has 0 saturated carbocycles. The Balaban J connectivity index is 2.56. The zero-order valence-electron chi connectivity index (χ0n) is 7.29. The molecule has 14 heavy (non-hydrogen) atoms. The van der Waals surface area contributed by atoms with Crippen molar-refractivity contribution in [3.63, 3.8) is 0 Å². The number of hydrogen-bond donors (Lipinski definition) is 1. The van der Waals surface area contributed by atoms with Gasteiger partial charge >= 0.3 is 0 Å². The van der Waals surface area contributed by atoms with E-state index in [0.29, 0.717) is 11.5 Å². The lowest BCUT2D eigenvalue weighted by atomic mass is 10.4. The topological polar surface area (TPSA) is 73.8 Å². The quantitative estimate of drug-likeness (QED) is 0.694. The Labute approximate surface area is 79.8 Å². The summed E-state index contributed by atoms with van der Waals surface area (Å²) in [4.78, 5) is 15.3. The van der Waals surface area contributed by atoms with E-state index in [1.807, 2.05) is 0 Å². The molecule has 2 rings (SSSR count). The van der Waals surface area contributed by atoms with Crippen LogP contribution in [0.1, 0.15) is 0 Å². The molecule has 2 N–H and O–H groups in total. The summed E-state index contributed by atoms with van der Waals surface area (Å²) in [5.74, 6) is 0.463. The van der Waals surface area contributed by atoms with Crippen molar-refractivity contribution in [1.82, 2.24) is 14.8 Å². The number of aromatic nitrogens is 3. The molecule has 0 bridgehead atoms. The number of anilines is 1. The van der Waals surface area contributed by atoms with Crippen molar-refractivity contribution in [3.05, 3.63) is 47.0 Å². The Bertz CT molecular complexity index is 489. The highest BCUT2D eigenvalue weighted by Crippen LogP contribution is 2.02. The Morgan fingerprint density at radius 2 is 2.14 bits per heavy atom. The standard InChI is InChI=1S/C9H8N4O/c10-7-3-4-8(11-6-7)13-9(14)2-1-5-12-13/h1-6H,10H2. The van der Waals surface area contributed by atoms with Crippen LogP contribution in [-0.2, 0) is 0 Å². The van der Waals surface area contributed by atoms with E-state index in [1.54, 1.807) is 18.2 Å². The number of hydrogen-bond acceptors (Lipinski definition) is 4. The molecule has 0 amide bonds. The van der Waals surface area contributed by atoms with Crippen LogP contribution in [0, 0.1) is 0 Å². The van der Waals surface area contributed by atoms with Crippen molar-refractivity contribution in [2.24, 2.45) is 0 Å². The number of nitrogen functional groups attached to an aromatic ring is 1. The Kier molecular flexibility index (Phi) is 1.98. The molecule has 0 atom stereocenters. The van der Waals surface area contributed by atoms with Gasteiger partial charge in [0.25, 0.3) is 5.56 Å². The van der Waals surface area contributed by atoms with Crippen LogP contribution < -0.4 is 11.3 Å². The average Bonchev–Trinajstić information content (AvgIpc) is 2.20. The van der Waals surface area contributed by atoms with Gasteiger partial charge < -0.3 is 5.73 Å². The third-order valence-corrected chi connectivity index (χ3v) is 1.70. The van der Waals surface area contributed by atoms with Gasteiger partial charge in [0.05, 0.1) is 11.9 Å². The lowest BCUT2D eigenvalue weighted by Crippen LogP contribution is -2.20. The fourth-order valence-corrected chi connectivity index (χ4v) is 1.05. The van der Waals surface area contributed by atoms with Crippen LogP contribution in [0.25, 0.3) is 5.82 Å². The lowest BCUT2D eigenvalue weighted by molar-refractivity contribution is 0.782. The summed E-state index contributed by atoms with van der Waals surface area (Å²) in [6.45, 7) is 0. The van der Waals surface area contributed by atoms with Crippen LogP contribution in [0.3, 0.4) is 0 Å². The van der Waals surface area contributed by atoms with E-state index in [2.05, 4.69) is 10.1 Å². The van der Waals surface area contributed by atoms with Crippen LogP contribution >= 0.6 is 0 Å². The molecule has 0 saturated heterocycles. The molecule has 0 fully saturated rings. The number of pyridine rings is 1. The van der Waals surface area contributed by atoms with Gasteiger partial charge in [0.15, 0.2) is 5.82 Å². The van der Waals surface area contributed by atoms with E-state index in [-0.39, 0.29) is 5.56 Å². The predicted octanol–water partition coefficient (Wildman–Crippen LogP) is 0.210. The minimum absolute atomic E-state index is 0.218. The van der Waals surface area contributed by atoms with Crippen molar-refractivity contribution < 1.29 is 0 Å². The summed E-state index contributed by atoms with van der Waals surface area (Å²) >= 11 is 0. The van der Waals surface area contributed by atoms with Crippen LogP contribution in [-0.4, -0.2) is 14.8 Å². The zero-order valence-corrected chi connectivity index (χ0v) is 7.29. The minimum Gasteiger partial charge on any atom is -0.397 e. The molecule has 2 heterocycles. The molecule has 0 radical (unpaired) electrons. The molecule has 2 aromatic rings. The van der Waals surface area contributed by atoms with Crippen molar-refractivity contribution >= 4 is 5.69 Å². The van der Waals surface area contributed by atoms with Crippen molar-refractivity contribution in [3.8, 4) is 5.82 Å². The van der Waals surface area contributed by atoms with Gasteiger partial charge in [0.2, 0.25) is 0 Å². The molecule has 70 valence electrons. The number of nitrogens with zero attached hydrogens (tertiary/aromatic N) is 3. The Morgan fingerprint density at radius 1 is 1.29 bits per heavy atom. The lowest BCUT2D eigenvalue weighted by Gasteiger charge is -2.01. The van der Waals surface area contributed by atoms with Crippen molar-refractivity contribution in [2.45, 2.75) is 0 Å². The largest absolute Gasteiger partial charge is 0.397 e. The summed E-state index contributed by atoms with van der Waals surface area (Å²) < 4.78 is 1.21. The monoisotopic (exact) mass is 188 g/mol. The fourth-order valence-electron chi connectivity index (χ4n) is 1.05. The maximum atomic E-state index is 11.3. The highest BCUT2D eigenvalue weighted by Gasteiger charge is 1.99. The van der Waals surface area contributed by atoms with E-state index in [0.717, 1.165) is 0 Å². The first-order valence-corrected chi connectivity index (χ1v) is 4.03. The molecule has 0 unspecified atom stereocenters. The van der Waals surface area contributed by atoms with Gasteiger partial charge in [-0.05, 0) is 18.2 Å². The van der Waals surface area contributed by atoms with Crippen molar-refractivity contribution in [1.29, 1.82) is 0 Å². The maximum absolute atomic E-state index is 11.3. The molecular weight excluding hydrogens is 180 g/mol. The van der Waals surface area contributed by atoms with Gasteiger partial charge in [-0.15, -0.1) is 0 Å². The normalized spacial score (nSPS) is 10.0. The molecule has 0 aliphatic heterocycles. The molecule has 5 nitrogen and oxygen atoms in total. The summed E-state index contributed by atoms with van der Waals surface area (Å²) in [7, 11) is 0.